The van der Waals surface area contributed by atoms with Crippen LogP contribution in [-0.2, 0) is 30.5 Å². The van der Waals surface area contributed by atoms with Crippen LogP contribution in [0.25, 0.3) is 0 Å². The Kier molecular flexibility index (Phi) is 26.6. The van der Waals surface area contributed by atoms with Gasteiger partial charge in [0.25, 0.3) is 0 Å². The van der Waals surface area contributed by atoms with Gasteiger partial charge in [0.15, 0.2) is 0 Å². The zero-order valence-corrected chi connectivity index (χ0v) is 26.1. The fraction of sp³-hybridized carbons (Fsp3) is 0.793. The van der Waals surface area contributed by atoms with Gasteiger partial charge in [-0.05, 0) is 23.0 Å². The third-order valence-electron chi connectivity index (χ3n) is 6.28. The molecule has 1 rings (SSSR count). The van der Waals surface area contributed by atoms with Gasteiger partial charge < -0.3 is 14.7 Å². The summed E-state index contributed by atoms with van der Waals surface area (Å²) in [7, 11) is -6.01. The molecule has 0 heterocycles. The zero-order valence-electron chi connectivity index (χ0n) is 24.4. The first-order valence-corrected chi connectivity index (χ1v) is 17.6. The number of unbranched alkanes of at least 4 members (excludes halogenated alkanes) is 12. The van der Waals surface area contributed by atoms with E-state index >= 15 is 0 Å². The van der Waals surface area contributed by atoms with Gasteiger partial charge >= 0.3 is 8.25 Å². The van der Waals surface area contributed by atoms with E-state index in [0.29, 0.717) is 6.61 Å². The van der Waals surface area contributed by atoms with Gasteiger partial charge in [-0.2, -0.15) is 0 Å². The largest absolute Gasteiger partial charge is 0.566 e. The third-order valence-corrected chi connectivity index (χ3v) is 8.19. The average molecular weight is 592 g/mol. The molecule has 0 aliphatic carbocycles. The summed E-state index contributed by atoms with van der Waals surface area (Å²) in [6.45, 7) is 5.13. The Labute approximate surface area is 239 Å². The maximum absolute atomic E-state index is 12.1. The Balaban J connectivity index is 0.000000864. The molecule has 0 amide bonds. The van der Waals surface area contributed by atoms with E-state index in [-0.39, 0.29) is 31.6 Å². The quantitative estimate of drug-likeness (QED) is 0.0996. The molecule has 1 aromatic carbocycles. The molecule has 2 N–H and O–H groups in total. The van der Waals surface area contributed by atoms with Gasteiger partial charge in [-0.3, -0.25) is 0 Å². The Bertz CT molecular complexity index is 781. The number of sulfonamides is 1. The van der Waals surface area contributed by atoms with Crippen LogP contribution in [0, 0.1) is 0 Å². The summed E-state index contributed by atoms with van der Waals surface area (Å²) in [5, 5.41) is 9.42. The molecule has 0 fully saturated rings. The number of hydrogen-bond acceptors (Lipinski definition) is 7. The minimum atomic E-state index is -3.26. The van der Waals surface area contributed by atoms with Crippen molar-refractivity contribution in [1.29, 1.82) is 0 Å². The van der Waals surface area contributed by atoms with Crippen molar-refractivity contribution < 1.29 is 32.2 Å². The Hall–Kier alpha value is -0.930. The lowest BCUT2D eigenvalue weighted by atomic mass is 10.1. The number of aliphatic hydroxyl groups excluding tert-OH is 1. The number of nitrogens with one attached hydrogen (secondary N) is 1. The Morgan fingerprint density at radius 2 is 1.38 bits per heavy atom. The monoisotopic (exact) mass is 591 g/mol. The summed E-state index contributed by atoms with van der Waals surface area (Å²) in [6.07, 6.45) is 17.0. The molecule has 0 saturated carbocycles. The summed E-state index contributed by atoms with van der Waals surface area (Å²) < 4.78 is 46.4. The van der Waals surface area contributed by atoms with Crippen LogP contribution >= 0.6 is 8.25 Å². The van der Waals surface area contributed by atoms with Crippen LogP contribution in [0.4, 0.5) is 0 Å². The second-order valence-electron chi connectivity index (χ2n) is 9.94. The van der Waals surface area contributed by atoms with Gasteiger partial charge in [-0.25, -0.2) is 13.1 Å². The Morgan fingerprint density at radius 1 is 0.846 bits per heavy atom. The van der Waals surface area contributed by atoms with Crippen LogP contribution in [0.3, 0.4) is 0 Å². The molecular formula is C29H54NO7PS. The molecule has 1 aromatic rings. The molecule has 2 unspecified atom stereocenters. The highest BCUT2D eigenvalue weighted by Crippen LogP contribution is 2.11. The first-order chi connectivity index (χ1) is 18.8. The highest BCUT2D eigenvalue weighted by Gasteiger charge is 2.16. The van der Waals surface area contributed by atoms with E-state index in [1.54, 1.807) is 0 Å². The van der Waals surface area contributed by atoms with Crippen molar-refractivity contribution in [2.45, 2.75) is 123 Å². The summed E-state index contributed by atoms with van der Waals surface area (Å²) >= 11 is 0. The lowest BCUT2D eigenvalue weighted by Crippen LogP contribution is -2.38. The first kappa shape index (κ1) is 38.1. The molecule has 10 heteroatoms. The van der Waals surface area contributed by atoms with Crippen LogP contribution in [-0.4, -0.2) is 45.1 Å². The normalized spacial score (nSPS) is 12.6. The van der Waals surface area contributed by atoms with E-state index in [2.05, 4.69) is 23.1 Å². The molecule has 228 valence electrons. The van der Waals surface area contributed by atoms with E-state index < -0.39 is 18.3 Å². The van der Waals surface area contributed by atoms with Crippen molar-refractivity contribution in [2.75, 3.05) is 25.6 Å². The molecule has 0 radical (unpaired) electrons. The molecule has 2 atom stereocenters. The second kappa shape index (κ2) is 27.3. The summed E-state index contributed by atoms with van der Waals surface area (Å²) in [5.74, 6) is 0.189. The molecule has 0 bridgehead atoms. The molecule has 8 nitrogen and oxygen atoms in total. The molecular weight excluding hydrogens is 537 g/mol. The average Bonchev–Trinajstić information content (AvgIpc) is 2.92. The highest BCUT2D eigenvalue weighted by atomic mass is 32.2. The van der Waals surface area contributed by atoms with Crippen LogP contribution in [0.1, 0.15) is 116 Å². The third kappa shape index (κ3) is 27.0. The van der Waals surface area contributed by atoms with E-state index in [0.717, 1.165) is 44.1 Å². The van der Waals surface area contributed by atoms with Crippen LogP contribution in [0.5, 0.6) is 0 Å². The van der Waals surface area contributed by atoms with Crippen LogP contribution in [0.2, 0.25) is 0 Å². The molecule has 0 aromatic heterocycles. The van der Waals surface area contributed by atoms with E-state index in [9.17, 15) is 23.0 Å². The van der Waals surface area contributed by atoms with Gasteiger partial charge in [0.2, 0.25) is 10.0 Å². The van der Waals surface area contributed by atoms with E-state index in [4.69, 9.17) is 4.74 Å². The van der Waals surface area contributed by atoms with Crippen molar-refractivity contribution in [2.24, 2.45) is 0 Å². The maximum atomic E-state index is 12.1. The molecule has 39 heavy (non-hydrogen) atoms. The second-order valence-corrected chi connectivity index (χ2v) is 12.5. The van der Waals surface area contributed by atoms with Crippen molar-refractivity contribution in [3.63, 3.8) is 0 Å². The SMILES string of the molecule is CCCCCCCCCCS(=O)(=O)NC(CO)CCCCCCCC.O=[P+]([O-])OCCOCc1ccccc1. The van der Waals surface area contributed by atoms with Gasteiger partial charge in [0.05, 0.1) is 25.6 Å². The zero-order chi connectivity index (χ0) is 29.0. The topological polar surface area (TPSA) is 125 Å². The fourth-order valence-electron chi connectivity index (χ4n) is 4.03. The van der Waals surface area contributed by atoms with Crippen molar-refractivity contribution in [3.05, 3.63) is 35.9 Å². The van der Waals surface area contributed by atoms with Gasteiger partial charge in [-0.15, -0.1) is 4.52 Å². The van der Waals surface area contributed by atoms with Crippen LogP contribution in [0.15, 0.2) is 30.3 Å². The van der Waals surface area contributed by atoms with Gasteiger partial charge in [0, 0.05) is 6.04 Å². The van der Waals surface area contributed by atoms with Gasteiger partial charge in [-0.1, -0.05) is 128 Å². The highest BCUT2D eigenvalue weighted by molar-refractivity contribution is 7.89. The number of benzene rings is 1. The standard InChI is InChI=1S/C20H43NO3S.C9H11O4P/c1-3-5-7-9-11-12-14-16-18-25(23,24)21-20(19-22)17-15-13-10-8-6-4-2;10-14(11)13-7-6-12-8-9-4-2-1-3-5-9/h20-22H,3-19H2,1-2H3;1-5H,6-8H2. The fourth-order valence-corrected chi connectivity index (χ4v) is 5.66. The number of rotatable bonds is 25. The predicted molar refractivity (Wildman–Crippen MR) is 158 cm³/mol. The van der Waals surface area contributed by atoms with E-state index in [1.807, 2.05) is 30.3 Å². The predicted octanol–water partition coefficient (Wildman–Crippen LogP) is 6.40. The van der Waals surface area contributed by atoms with E-state index in [1.165, 1.54) is 57.8 Å². The first-order valence-electron chi connectivity index (χ1n) is 14.8. The lowest BCUT2D eigenvalue weighted by molar-refractivity contribution is -0.186. The number of ether oxygens (including phenoxy) is 1. The number of aliphatic hydroxyl groups is 1. The summed E-state index contributed by atoms with van der Waals surface area (Å²) in [6, 6.07) is 9.33. The smallest absolute Gasteiger partial charge is 0.488 e. The minimum Gasteiger partial charge on any atom is -0.566 e. The molecule has 0 saturated heterocycles. The van der Waals surface area contributed by atoms with Crippen molar-refractivity contribution >= 4 is 18.3 Å². The maximum Gasteiger partial charge on any atom is 0.488 e. The molecule has 0 spiro atoms. The van der Waals surface area contributed by atoms with Crippen LogP contribution < -0.4 is 9.62 Å². The minimum absolute atomic E-state index is 0.0749. The summed E-state index contributed by atoms with van der Waals surface area (Å²) in [5.41, 5.74) is 1.05. The number of hydrogen-bond donors (Lipinski definition) is 2. The lowest BCUT2D eigenvalue weighted by Gasteiger charge is -2.16. The summed E-state index contributed by atoms with van der Waals surface area (Å²) in [4.78, 5) is 9.99. The molecule has 0 aliphatic heterocycles. The van der Waals surface area contributed by atoms with Gasteiger partial charge in [0.1, 0.15) is 6.61 Å². The van der Waals surface area contributed by atoms with Crippen molar-refractivity contribution in [3.8, 4) is 0 Å². The van der Waals surface area contributed by atoms with Crippen molar-refractivity contribution in [1.82, 2.24) is 4.72 Å². The molecule has 0 aliphatic rings. The Morgan fingerprint density at radius 3 is 1.92 bits per heavy atom.